The van der Waals surface area contributed by atoms with Crippen LogP contribution in [0.2, 0.25) is 0 Å². The number of hydrogen-bond donors (Lipinski definition) is 1. The van der Waals surface area contributed by atoms with Crippen LogP contribution in [-0.2, 0) is 16.6 Å². The molecule has 5 heteroatoms. The fourth-order valence-corrected chi connectivity index (χ4v) is 3.58. The molecule has 2 rings (SSSR count). The van der Waals surface area contributed by atoms with Crippen molar-refractivity contribution in [3.05, 3.63) is 59.2 Å². The summed E-state index contributed by atoms with van der Waals surface area (Å²) in [7, 11) is -1.90. The molecule has 112 valence electrons. The van der Waals surface area contributed by atoms with E-state index < -0.39 is 10.0 Å². The summed E-state index contributed by atoms with van der Waals surface area (Å²) in [6, 6.07) is 12.6. The van der Waals surface area contributed by atoms with Gasteiger partial charge in [-0.1, -0.05) is 29.8 Å². The van der Waals surface area contributed by atoms with Gasteiger partial charge >= 0.3 is 0 Å². The lowest BCUT2D eigenvalue weighted by molar-refractivity contribution is 0.466. The summed E-state index contributed by atoms with van der Waals surface area (Å²) < 4.78 is 26.6. The second-order valence-electron chi connectivity index (χ2n) is 5.27. The van der Waals surface area contributed by atoms with Crippen LogP contribution < -0.4 is 5.73 Å². The van der Waals surface area contributed by atoms with Crippen molar-refractivity contribution in [2.75, 3.05) is 12.8 Å². The highest BCUT2D eigenvalue weighted by Crippen LogP contribution is 2.21. The molecule has 0 aliphatic rings. The molecule has 0 aliphatic carbocycles. The Hall–Kier alpha value is -1.85. The minimum atomic E-state index is -3.49. The molecule has 0 spiro atoms. The van der Waals surface area contributed by atoms with Crippen molar-refractivity contribution >= 4 is 15.7 Å². The van der Waals surface area contributed by atoms with E-state index in [1.807, 2.05) is 38.1 Å². The number of nitrogens with two attached hydrogens (primary N) is 1. The molecular formula is C16H20N2O2S. The number of rotatable bonds is 4. The topological polar surface area (TPSA) is 63.4 Å². The Kier molecular flexibility index (Phi) is 4.34. The van der Waals surface area contributed by atoms with E-state index in [2.05, 4.69) is 0 Å². The molecular weight excluding hydrogens is 284 g/mol. The average Bonchev–Trinajstić information content (AvgIpc) is 2.40. The van der Waals surface area contributed by atoms with E-state index in [4.69, 9.17) is 5.73 Å². The quantitative estimate of drug-likeness (QED) is 0.883. The highest BCUT2D eigenvalue weighted by atomic mass is 32.2. The summed E-state index contributed by atoms with van der Waals surface area (Å²) in [5.74, 6) is 0. The zero-order valence-electron chi connectivity index (χ0n) is 12.5. The Morgan fingerprint density at radius 2 is 1.67 bits per heavy atom. The van der Waals surface area contributed by atoms with Crippen molar-refractivity contribution in [1.82, 2.24) is 4.31 Å². The summed E-state index contributed by atoms with van der Waals surface area (Å²) in [6.45, 7) is 4.08. The molecule has 21 heavy (non-hydrogen) atoms. The van der Waals surface area contributed by atoms with Crippen LogP contribution in [0.15, 0.2) is 47.4 Å². The maximum atomic E-state index is 12.6. The molecule has 2 aromatic rings. The SMILES string of the molecule is Cc1ccc(S(=O)(=O)N(C)Cc2ccc(N)cc2)c(C)c1. The van der Waals surface area contributed by atoms with E-state index in [0.717, 1.165) is 16.7 Å². The first-order valence-corrected chi connectivity index (χ1v) is 8.13. The number of anilines is 1. The van der Waals surface area contributed by atoms with Crippen molar-refractivity contribution in [3.8, 4) is 0 Å². The van der Waals surface area contributed by atoms with Crippen LogP contribution in [0, 0.1) is 13.8 Å². The number of nitrogen functional groups attached to an aromatic ring is 1. The monoisotopic (exact) mass is 304 g/mol. The van der Waals surface area contributed by atoms with Crippen molar-refractivity contribution in [1.29, 1.82) is 0 Å². The zero-order chi connectivity index (χ0) is 15.6. The van der Waals surface area contributed by atoms with E-state index in [-0.39, 0.29) is 0 Å². The van der Waals surface area contributed by atoms with Gasteiger partial charge in [0.05, 0.1) is 4.90 Å². The van der Waals surface area contributed by atoms with Gasteiger partial charge in [0.15, 0.2) is 0 Å². The second-order valence-corrected chi connectivity index (χ2v) is 7.28. The van der Waals surface area contributed by atoms with Crippen LogP contribution in [0.4, 0.5) is 5.69 Å². The minimum Gasteiger partial charge on any atom is -0.399 e. The van der Waals surface area contributed by atoms with Crippen molar-refractivity contribution in [2.45, 2.75) is 25.3 Å². The molecule has 0 saturated heterocycles. The van der Waals surface area contributed by atoms with Gasteiger partial charge in [-0.05, 0) is 43.2 Å². The van der Waals surface area contributed by atoms with E-state index in [1.165, 1.54) is 4.31 Å². The Balaban J connectivity index is 2.28. The maximum Gasteiger partial charge on any atom is 0.243 e. The number of benzene rings is 2. The first-order chi connectivity index (χ1) is 9.80. The first-order valence-electron chi connectivity index (χ1n) is 6.69. The van der Waals surface area contributed by atoms with Gasteiger partial charge in [0.2, 0.25) is 10.0 Å². The van der Waals surface area contributed by atoms with Gasteiger partial charge in [0, 0.05) is 19.3 Å². The molecule has 0 aliphatic heterocycles. The van der Waals surface area contributed by atoms with Crippen LogP contribution in [0.3, 0.4) is 0 Å². The molecule has 0 unspecified atom stereocenters. The van der Waals surface area contributed by atoms with Crippen LogP contribution in [0.5, 0.6) is 0 Å². The molecule has 0 heterocycles. The largest absolute Gasteiger partial charge is 0.399 e. The zero-order valence-corrected chi connectivity index (χ0v) is 13.3. The third-order valence-corrected chi connectivity index (χ3v) is 5.37. The Morgan fingerprint density at radius 1 is 1.05 bits per heavy atom. The fraction of sp³-hybridized carbons (Fsp3) is 0.250. The number of aryl methyl sites for hydroxylation is 2. The van der Waals surface area contributed by atoms with Crippen molar-refractivity contribution in [3.63, 3.8) is 0 Å². The highest BCUT2D eigenvalue weighted by Gasteiger charge is 2.22. The van der Waals surface area contributed by atoms with Crippen LogP contribution in [0.25, 0.3) is 0 Å². The second kappa shape index (κ2) is 5.87. The average molecular weight is 304 g/mol. The van der Waals surface area contributed by atoms with Crippen LogP contribution >= 0.6 is 0 Å². The van der Waals surface area contributed by atoms with Gasteiger partial charge in [0.25, 0.3) is 0 Å². The lowest BCUT2D eigenvalue weighted by Crippen LogP contribution is -2.27. The number of nitrogens with zero attached hydrogens (tertiary/aromatic N) is 1. The van der Waals surface area contributed by atoms with Gasteiger partial charge in [-0.25, -0.2) is 8.42 Å². The summed E-state index contributed by atoms with van der Waals surface area (Å²) in [4.78, 5) is 0.353. The number of sulfonamides is 1. The van der Waals surface area contributed by atoms with Gasteiger partial charge in [0.1, 0.15) is 0 Å². The molecule has 2 aromatic carbocycles. The predicted octanol–water partition coefficient (Wildman–Crippen LogP) is 2.71. The first kappa shape index (κ1) is 15.5. The molecule has 0 fully saturated rings. The molecule has 4 nitrogen and oxygen atoms in total. The normalized spacial score (nSPS) is 11.8. The smallest absolute Gasteiger partial charge is 0.243 e. The fourth-order valence-electron chi connectivity index (χ4n) is 2.22. The van der Waals surface area contributed by atoms with Gasteiger partial charge in [-0.3, -0.25) is 0 Å². The van der Waals surface area contributed by atoms with Crippen molar-refractivity contribution < 1.29 is 8.42 Å². The lowest BCUT2D eigenvalue weighted by Gasteiger charge is -2.19. The van der Waals surface area contributed by atoms with Crippen molar-refractivity contribution in [2.24, 2.45) is 0 Å². The molecule has 0 saturated carbocycles. The summed E-state index contributed by atoms with van der Waals surface area (Å²) >= 11 is 0. The van der Waals surface area contributed by atoms with E-state index in [0.29, 0.717) is 17.1 Å². The molecule has 2 N–H and O–H groups in total. The maximum absolute atomic E-state index is 12.6. The molecule has 0 amide bonds. The summed E-state index contributed by atoms with van der Waals surface area (Å²) in [5.41, 5.74) is 9.02. The van der Waals surface area contributed by atoms with Gasteiger partial charge < -0.3 is 5.73 Å². The lowest BCUT2D eigenvalue weighted by atomic mass is 10.2. The van der Waals surface area contributed by atoms with Crippen LogP contribution in [0.1, 0.15) is 16.7 Å². The van der Waals surface area contributed by atoms with Crippen LogP contribution in [-0.4, -0.2) is 19.8 Å². The summed E-state index contributed by atoms with van der Waals surface area (Å²) in [6.07, 6.45) is 0. The molecule has 0 atom stereocenters. The Morgan fingerprint density at radius 3 is 2.24 bits per heavy atom. The standard InChI is InChI=1S/C16H20N2O2S/c1-12-4-9-16(13(2)10-12)21(19,20)18(3)11-14-5-7-15(17)8-6-14/h4-10H,11,17H2,1-3H3. The minimum absolute atomic E-state index is 0.315. The van der Waals surface area contributed by atoms with E-state index in [1.54, 1.807) is 25.2 Å². The number of hydrogen-bond acceptors (Lipinski definition) is 3. The van der Waals surface area contributed by atoms with Gasteiger partial charge in [-0.15, -0.1) is 0 Å². The third kappa shape index (κ3) is 3.43. The van der Waals surface area contributed by atoms with Gasteiger partial charge in [-0.2, -0.15) is 4.31 Å². The Labute approximate surface area is 126 Å². The molecule has 0 aromatic heterocycles. The van der Waals surface area contributed by atoms with E-state index in [9.17, 15) is 8.42 Å². The Bertz CT molecular complexity index is 737. The molecule has 0 bridgehead atoms. The predicted molar refractivity (Wildman–Crippen MR) is 85.4 cm³/mol. The molecule has 0 radical (unpaired) electrons. The third-order valence-electron chi connectivity index (χ3n) is 3.40. The highest BCUT2D eigenvalue weighted by molar-refractivity contribution is 7.89. The van der Waals surface area contributed by atoms with E-state index >= 15 is 0 Å². The summed E-state index contributed by atoms with van der Waals surface area (Å²) in [5, 5.41) is 0.